The van der Waals surface area contributed by atoms with Crippen molar-refractivity contribution in [2.45, 2.75) is 57.3 Å². The van der Waals surface area contributed by atoms with E-state index in [0.29, 0.717) is 5.78 Å². The number of rotatable bonds is 3. The maximum Gasteiger partial charge on any atom is 0.132 e. The summed E-state index contributed by atoms with van der Waals surface area (Å²) in [6.07, 6.45) is 9.27. The predicted octanol–water partition coefficient (Wildman–Crippen LogP) is 4.73. The fourth-order valence-electron chi connectivity index (χ4n) is 4.23. The molecule has 0 N–H and O–H groups in total. The average molecular weight is 286 g/mol. The average Bonchev–Trinajstić information content (AvgIpc) is 2.56. The second-order valence-corrected chi connectivity index (χ2v) is 6.76. The summed E-state index contributed by atoms with van der Waals surface area (Å²) in [7, 11) is 1.72. The highest BCUT2D eigenvalue weighted by atomic mass is 16.5. The van der Waals surface area contributed by atoms with Crippen LogP contribution in [0, 0.1) is 11.8 Å². The fraction of sp³-hybridized carbons (Fsp3) is 0.632. The van der Waals surface area contributed by atoms with Gasteiger partial charge in [-0.2, -0.15) is 0 Å². The van der Waals surface area contributed by atoms with Crippen LogP contribution in [0.15, 0.2) is 24.3 Å². The fourth-order valence-corrected chi connectivity index (χ4v) is 4.23. The minimum Gasteiger partial charge on any atom is -0.497 e. The van der Waals surface area contributed by atoms with Gasteiger partial charge in [0.15, 0.2) is 0 Å². The molecule has 21 heavy (non-hydrogen) atoms. The smallest absolute Gasteiger partial charge is 0.132 e. The first-order chi connectivity index (χ1) is 10.3. The summed E-state index contributed by atoms with van der Waals surface area (Å²) in [5, 5.41) is 0. The van der Waals surface area contributed by atoms with Crippen molar-refractivity contribution in [2.24, 2.45) is 11.8 Å². The van der Waals surface area contributed by atoms with Gasteiger partial charge in [-0.25, -0.2) is 0 Å². The second-order valence-electron chi connectivity index (χ2n) is 6.76. The Kier molecular flexibility index (Phi) is 4.62. The maximum absolute atomic E-state index is 11.4. The summed E-state index contributed by atoms with van der Waals surface area (Å²) in [5.41, 5.74) is 1.47. The number of benzene rings is 1. The van der Waals surface area contributed by atoms with Gasteiger partial charge in [-0.1, -0.05) is 12.1 Å². The molecular formula is C19H26O2. The summed E-state index contributed by atoms with van der Waals surface area (Å²) in [5.74, 6) is 3.84. The molecule has 2 heteroatoms. The van der Waals surface area contributed by atoms with Crippen LogP contribution in [0.3, 0.4) is 0 Å². The lowest BCUT2D eigenvalue weighted by atomic mass is 9.70. The van der Waals surface area contributed by atoms with Crippen LogP contribution in [0.1, 0.15) is 62.8 Å². The first-order valence-electron chi connectivity index (χ1n) is 8.42. The van der Waals surface area contributed by atoms with Gasteiger partial charge >= 0.3 is 0 Å². The highest BCUT2D eigenvalue weighted by Gasteiger charge is 2.30. The van der Waals surface area contributed by atoms with E-state index in [-0.39, 0.29) is 0 Å². The van der Waals surface area contributed by atoms with Gasteiger partial charge in [-0.15, -0.1) is 0 Å². The predicted molar refractivity (Wildman–Crippen MR) is 84.7 cm³/mol. The quantitative estimate of drug-likeness (QED) is 0.803. The summed E-state index contributed by atoms with van der Waals surface area (Å²) < 4.78 is 5.23. The Morgan fingerprint density at radius 1 is 0.857 bits per heavy atom. The number of carbonyl (C=O) groups excluding carboxylic acids is 1. The monoisotopic (exact) mass is 286 g/mol. The van der Waals surface area contributed by atoms with Crippen LogP contribution in [0.2, 0.25) is 0 Å². The molecule has 0 unspecified atom stereocenters. The molecule has 114 valence electrons. The van der Waals surface area contributed by atoms with Gasteiger partial charge in [0.25, 0.3) is 0 Å². The van der Waals surface area contributed by atoms with E-state index in [4.69, 9.17) is 4.74 Å². The largest absolute Gasteiger partial charge is 0.497 e. The molecule has 2 aliphatic carbocycles. The molecule has 0 atom stereocenters. The summed E-state index contributed by atoms with van der Waals surface area (Å²) in [6, 6.07) is 8.61. The molecule has 1 aromatic rings. The zero-order chi connectivity index (χ0) is 14.7. The Bertz CT molecular complexity index is 459. The molecule has 0 bridgehead atoms. The zero-order valence-electron chi connectivity index (χ0n) is 13.0. The van der Waals surface area contributed by atoms with Gasteiger partial charge < -0.3 is 4.74 Å². The third-order valence-electron chi connectivity index (χ3n) is 5.61. The normalized spacial score (nSPS) is 27.6. The Hall–Kier alpha value is -1.31. The van der Waals surface area contributed by atoms with Gasteiger partial charge in [-0.05, 0) is 74.0 Å². The van der Waals surface area contributed by atoms with E-state index in [1.807, 2.05) is 0 Å². The third kappa shape index (κ3) is 3.48. The minimum absolute atomic E-state index is 0.484. The Labute approximate surface area is 127 Å². The van der Waals surface area contributed by atoms with E-state index in [1.54, 1.807) is 7.11 Å². The van der Waals surface area contributed by atoms with E-state index in [1.165, 1.54) is 31.2 Å². The Morgan fingerprint density at radius 3 is 2.00 bits per heavy atom. The first-order valence-corrected chi connectivity index (χ1v) is 8.42. The van der Waals surface area contributed by atoms with E-state index >= 15 is 0 Å². The van der Waals surface area contributed by atoms with Crippen LogP contribution in [0.25, 0.3) is 0 Å². The molecule has 2 saturated carbocycles. The molecule has 0 radical (unpaired) electrons. The Balaban J connectivity index is 1.53. The Morgan fingerprint density at radius 2 is 1.43 bits per heavy atom. The molecule has 0 saturated heterocycles. The molecule has 1 aromatic carbocycles. The van der Waals surface area contributed by atoms with Crippen LogP contribution < -0.4 is 4.74 Å². The van der Waals surface area contributed by atoms with E-state index < -0.39 is 0 Å². The van der Waals surface area contributed by atoms with Crippen molar-refractivity contribution in [3.63, 3.8) is 0 Å². The van der Waals surface area contributed by atoms with Gasteiger partial charge in [0, 0.05) is 12.8 Å². The minimum atomic E-state index is 0.484. The van der Waals surface area contributed by atoms with Gasteiger partial charge in [0.1, 0.15) is 11.5 Å². The second kappa shape index (κ2) is 6.64. The van der Waals surface area contributed by atoms with Crippen molar-refractivity contribution < 1.29 is 9.53 Å². The zero-order valence-corrected chi connectivity index (χ0v) is 13.0. The first kappa shape index (κ1) is 14.6. The highest BCUT2D eigenvalue weighted by molar-refractivity contribution is 5.79. The van der Waals surface area contributed by atoms with Gasteiger partial charge in [0.2, 0.25) is 0 Å². The van der Waals surface area contributed by atoms with Crippen LogP contribution >= 0.6 is 0 Å². The number of hydrogen-bond donors (Lipinski definition) is 0. The van der Waals surface area contributed by atoms with Crippen molar-refractivity contribution in [1.29, 1.82) is 0 Å². The number of methoxy groups -OCH3 is 1. The maximum atomic E-state index is 11.4. The molecule has 0 aromatic heterocycles. The van der Waals surface area contributed by atoms with E-state index in [2.05, 4.69) is 24.3 Å². The number of hydrogen-bond acceptors (Lipinski definition) is 2. The SMILES string of the molecule is COc1ccc(C2CCC(C3CCC(=O)CC3)CC2)cc1. The van der Waals surface area contributed by atoms with Crippen molar-refractivity contribution in [3.8, 4) is 5.75 Å². The molecule has 0 aliphatic heterocycles. The van der Waals surface area contributed by atoms with Crippen molar-refractivity contribution in [1.82, 2.24) is 0 Å². The molecule has 0 spiro atoms. The van der Waals surface area contributed by atoms with Crippen molar-refractivity contribution in [2.75, 3.05) is 7.11 Å². The van der Waals surface area contributed by atoms with Gasteiger partial charge in [-0.3, -0.25) is 4.79 Å². The number of ketones is 1. The van der Waals surface area contributed by atoms with E-state index in [0.717, 1.165) is 49.2 Å². The standard InChI is InChI=1S/C19H26O2/c1-21-19-12-8-17(9-13-19)15-4-2-14(3-5-15)16-6-10-18(20)11-7-16/h8-9,12-16H,2-7,10-11H2,1H3. The van der Waals surface area contributed by atoms with Gasteiger partial charge in [0.05, 0.1) is 7.11 Å². The lowest BCUT2D eigenvalue weighted by molar-refractivity contribution is -0.121. The molecule has 2 aliphatic rings. The van der Waals surface area contributed by atoms with E-state index in [9.17, 15) is 4.79 Å². The molecule has 0 heterocycles. The molecule has 2 fully saturated rings. The highest BCUT2D eigenvalue weighted by Crippen LogP contribution is 2.42. The number of carbonyl (C=O) groups is 1. The molecule has 0 amide bonds. The number of ether oxygens (including phenoxy) is 1. The molecule has 2 nitrogen and oxygen atoms in total. The van der Waals surface area contributed by atoms with Crippen LogP contribution in [0.5, 0.6) is 5.75 Å². The topological polar surface area (TPSA) is 26.3 Å². The van der Waals surface area contributed by atoms with Crippen LogP contribution in [-0.2, 0) is 4.79 Å². The summed E-state index contributed by atoms with van der Waals surface area (Å²) in [4.78, 5) is 11.4. The summed E-state index contributed by atoms with van der Waals surface area (Å²) >= 11 is 0. The lowest BCUT2D eigenvalue weighted by Gasteiger charge is -2.35. The molecule has 3 rings (SSSR count). The van der Waals surface area contributed by atoms with Crippen molar-refractivity contribution in [3.05, 3.63) is 29.8 Å². The molecular weight excluding hydrogens is 260 g/mol. The third-order valence-corrected chi connectivity index (χ3v) is 5.61. The summed E-state index contributed by atoms with van der Waals surface area (Å²) in [6.45, 7) is 0. The number of Topliss-reactive ketones (excluding diaryl/α,β-unsaturated/α-hetero) is 1. The van der Waals surface area contributed by atoms with Crippen molar-refractivity contribution >= 4 is 5.78 Å². The van der Waals surface area contributed by atoms with Crippen LogP contribution in [-0.4, -0.2) is 12.9 Å². The lowest BCUT2D eigenvalue weighted by Crippen LogP contribution is -2.25. The van der Waals surface area contributed by atoms with Crippen LogP contribution in [0.4, 0.5) is 0 Å².